The van der Waals surface area contributed by atoms with Gasteiger partial charge in [0.2, 0.25) is 0 Å². The van der Waals surface area contributed by atoms with Crippen molar-refractivity contribution in [2.24, 2.45) is 0 Å². The fraction of sp³-hybridized carbons (Fsp3) is 0.462. The molecule has 1 aliphatic carbocycles. The molecule has 0 aromatic carbocycles. The van der Waals surface area contributed by atoms with E-state index in [1.807, 2.05) is 22.6 Å². The van der Waals surface area contributed by atoms with Crippen LogP contribution in [0.3, 0.4) is 0 Å². The normalized spacial score (nSPS) is 27.0. The number of hydrogen-bond donors (Lipinski definition) is 1. The van der Waals surface area contributed by atoms with Crippen LogP contribution in [-0.4, -0.2) is 25.2 Å². The zero-order valence-electron chi connectivity index (χ0n) is 10.5. The van der Waals surface area contributed by atoms with Crippen molar-refractivity contribution in [2.75, 3.05) is 0 Å². The van der Waals surface area contributed by atoms with E-state index in [4.69, 9.17) is 0 Å². The van der Waals surface area contributed by atoms with E-state index in [2.05, 4.69) is 9.97 Å². The molecule has 6 heteroatoms. The van der Waals surface area contributed by atoms with Gasteiger partial charge in [0.25, 0.3) is 5.56 Å². The zero-order chi connectivity index (χ0) is 13.6. The van der Waals surface area contributed by atoms with Gasteiger partial charge in [0.1, 0.15) is 12.0 Å². The maximum Gasteiger partial charge on any atom is 0.266 e. The maximum absolute atomic E-state index is 12.4. The fourth-order valence-electron chi connectivity index (χ4n) is 2.87. The third-order valence-electron chi connectivity index (χ3n) is 3.84. The minimum atomic E-state index is -0.855. The fourth-order valence-corrected chi connectivity index (χ4v) is 3.47. The molecule has 0 saturated heterocycles. The van der Waals surface area contributed by atoms with Gasteiger partial charge in [-0.2, -0.15) is 0 Å². The first kappa shape index (κ1) is 13.0. The van der Waals surface area contributed by atoms with E-state index in [1.165, 1.54) is 6.33 Å². The molecule has 0 radical (unpaired) electrons. The second-order valence-electron chi connectivity index (χ2n) is 5.23. The van der Waals surface area contributed by atoms with E-state index in [0.29, 0.717) is 15.6 Å². The molecule has 1 aliphatic rings. The van der Waals surface area contributed by atoms with Crippen LogP contribution in [0, 0.1) is 3.57 Å². The Hall–Kier alpha value is -1.02. The summed E-state index contributed by atoms with van der Waals surface area (Å²) in [5, 5.41) is 11.3. The Bertz CT molecular complexity index is 696. The highest BCUT2D eigenvalue weighted by Gasteiger charge is 2.39. The van der Waals surface area contributed by atoms with Crippen LogP contribution in [-0.2, 0) is 0 Å². The second kappa shape index (κ2) is 4.52. The summed E-state index contributed by atoms with van der Waals surface area (Å²) in [6.07, 6.45) is 5.56. The van der Waals surface area contributed by atoms with E-state index in [9.17, 15) is 9.90 Å². The average Bonchev–Trinajstić information content (AvgIpc) is 2.71. The van der Waals surface area contributed by atoms with E-state index in [1.54, 1.807) is 23.8 Å². The Morgan fingerprint density at radius 2 is 2.37 bits per heavy atom. The van der Waals surface area contributed by atoms with Crippen LogP contribution in [0.2, 0.25) is 0 Å². The van der Waals surface area contributed by atoms with Gasteiger partial charge in [0.15, 0.2) is 0 Å². The van der Waals surface area contributed by atoms with Crippen molar-refractivity contribution >= 4 is 33.6 Å². The summed E-state index contributed by atoms with van der Waals surface area (Å²) < 4.78 is 2.27. The number of aliphatic hydroxyl groups is 1. The van der Waals surface area contributed by atoms with Crippen LogP contribution in [0.4, 0.5) is 0 Å². The van der Waals surface area contributed by atoms with Gasteiger partial charge in [-0.05, 0) is 54.8 Å². The van der Waals surface area contributed by atoms with E-state index in [0.717, 1.165) is 18.2 Å². The van der Waals surface area contributed by atoms with E-state index < -0.39 is 5.60 Å². The first-order valence-electron chi connectivity index (χ1n) is 6.24. The van der Waals surface area contributed by atoms with Crippen molar-refractivity contribution in [1.29, 1.82) is 0 Å². The first-order valence-corrected chi connectivity index (χ1v) is 7.32. The van der Waals surface area contributed by atoms with Crippen molar-refractivity contribution in [3.05, 3.63) is 32.5 Å². The summed E-state index contributed by atoms with van der Waals surface area (Å²) in [6, 6.07) is 1.57. The van der Waals surface area contributed by atoms with Gasteiger partial charge < -0.3 is 5.11 Å². The third-order valence-corrected chi connectivity index (χ3v) is 4.61. The van der Waals surface area contributed by atoms with Crippen LogP contribution < -0.4 is 5.56 Å². The third kappa shape index (κ3) is 2.06. The summed E-state index contributed by atoms with van der Waals surface area (Å²) in [5.41, 5.74) is -0.335. The van der Waals surface area contributed by atoms with Gasteiger partial charge in [-0.25, -0.2) is 9.97 Å². The number of rotatable bonds is 1. The SMILES string of the molecule is C[C@@]1(O)CCC[C@H]1n1c(=O)c(I)cc2cncnc21. The Balaban J connectivity index is 2.33. The number of aromatic nitrogens is 3. The number of nitrogens with zero attached hydrogens (tertiary/aromatic N) is 3. The lowest BCUT2D eigenvalue weighted by Gasteiger charge is -2.28. The predicted octanol–water partition coefficient (Wildman–Crippen LogP) is 1.87. The van der Waals surface area contributed by atoms with Crippen molar-refractivity contribution in [1.82, 2.24) is 14.5 Å². The van der Waals surface area contributed by atoms with Crippen LogP contribution in [0.25, 0.3) is 11.0 Å². The van der Waals surface area contributed by atoms with Crippen LogP contribution in [0.1, 0.15) is 32.2 Å². The largest absolute Gasteiger partial charge is 0.388 e. The first-order chi connectivity index (χ1) is 9.00. The van der Waals surface area contributed by atoms with Crippen molar-refractivity contribution < 1.29 is 5.11 Å². The molecule has 1 N–H and O–H groups in total. The highest BCUT2D eigenvalue weighted by atomic mass is 127. The molecule has 5 nitrogen and oxygen atoms in total. The smallest absolute Gasteiger partial charge is 0.266 e. The van der Waals surface area contributed by atoms with Gasteiger partial charge >= 0.3 is 0 Å². The van der Waals surface area contributed by atoms with Crippen molar-refractivity contribution in [3.63, 3.8) is 0 Å². The Kier molecular flexibility index (Phi) is 3.09. The standard InChI is InChI=1S/C13H14IN3O2/c1-13(19)4-2-3-10(13)17-11-8(6-15-7-16-11)5-9(14)12(17)18/h5-7,10,19H,2-4H2,1H3/t10-,13-/m1/s1. The molecule has 100 valence electrons. The highest BCUT2D eigenvalue weighted by Crippen LogP contribution is 2.39. The van der Waals surface area contributed by atoms with Crippen LogP contribution in [0.5, 0.6) is 0 Å². The topological polar surface area (TPSA) is 68.0 Å². The van der Waals surface area contributed by atoms with Crippen molar-refractivity contribution in [2.45, 2.75) is 37.8 Å². The lowest BCUT2D eigenvalue weighted by atomic mass is 10.00. The number of pyridine rings is 1. The molecule has 0 spiro atoms. The molecule has 2 atom stereocenters. The highest BCUT2D eigenvalue weighted by molar-refractivity contribution is 14.1. The molecule has 19 heavy (non-hydrogen) atoms. The van der Waals surface area contributed by atoms with Crippen LogP contribution in [0.15, 0.2) is 23.4 Å². The minimum absolute atomic E-state index is 0.0843. The molecule has 0 aliphatic heterocycles. The van der Waals surface area contributed by atoms with Gasteiger partial charge in [0.05, 0.1) is 15.2 Å². The summed E-state index contributed by atoms with van der Waals surface area (Å²) in [6.45, 7) is 1.80. The Labute approximate surface area is 123 Å². The van der Waals surface area contributed by atoms with Crippen LogP contribution >= 0.6 is 22.6 Å². The minimum Gasteiger partial charge on any atom is -0.388 e. The molecular weight excluding hydrogens is 357 g/mol. The molecule has 0 bridgehead atoms. The summed E-state index contributed by atoms with van der Waals surface area (Å²) in [7, 11) is 0. The molecule has 1 saturated carbocycles. The predicted molar refractivity (Wildman–Crippen MR) is 80.0 cm³/mol. The zero-order valence-corrected chi connectivity index (χ0v) is 12.7. The van der Waals surface area contributed by atoms with Gasteiger partial charge in [-0.15, -0.1) is 0 Å². The molecule has 0 amide bonds. The lowest BCUT2D eigenvalue weighted by molar-refractivity contribution is 0.0266. The van der Waals surface area contributed by atoms with Crippen molar-refractivity contribution in [3.8, 4) is 0 Å². The maximum atomic E-state index is 12.4. The molecule has 2 aromatic heterocycles. The Morgan fingerprint density at radius 1 is 1.58 bits per heavy atom. The molecule has 2 heterocycles. The molecule has 2 aromatic rings. The molecular formula is C13H14IN3O2. The summed E-state index contributed by atoms with van der Waals surface area (Å²) in [4.78, 5) is 20.7. The number of hydrogen-bond acceptors (Lipinski definition) is 4. The summed E-state index contributed by atoms with van der Waals surface area (Å²) >= 11 is 2.03. The van der Waals surface area contributed by atoms with E-state index >= 15 is 0 Å². The average molecular weight is 371 g/mol. The number of fused-ring (bicyclic) bond motifs is 1. The summed E-state index contributed by atoms with van der Waals surface area (Å²) in [5.74, 6) is 0. The quantitative estimate of drug-likeness (QED) is 0.778. The van der Waals surface area contributed by atoms with E-state index in [-0.39, 0.29) is 11.6 Å². The monoisotopic (exact) mass is 371 g/mol. The molecule has 0 unspecified atom stereocenters. The molecule has 3 rings (SSSR count). The second-order valence-corrected chi connectivity index (χ2v) is 6.40. The Morgan fingerprint density at radius 3 is 3.05 bits per heavy atom. The van der Waals surface area contributed by atoms with Gasteiger partial charge in [-0.1, -0.05) is 0 Å². The van der Waals surface area contributed by atoms with Gasteiger partial charge in [0, 0.05) is 11.6 Å². The number of halogens is 1. The molecule has 1 fully saturated rings. The van der Waals surface area contributed by atoms with Gasteiger partial charge in [-0.3, -0.25) is 9.36 Å². The lowest BCUT2D eigenvalue weighted by Crippen LogP contribution is -2.38.